The fourth-order valence-electron chi connectivity index (χ4n) is 4.14. The maximum Gasteiger partial charge on any atom is 0.241 e. The Kier molecular flexibility index (Phi) is 6.79. The Hall–Kier alpha value is -3.35. The zero-order valence-electron chi connectivity index (χ0n) is 19.2. The number of aryl methyl sites for hydroxylation is 1. The Morgan fingerprint density at radius 2 is 1.71 bits per heavy atom. The molecule has 7 heteroatoms. The van der Waals surface area contributed by atoms with Crippen molar-refractivity contribution in [3.63, 3.8) is 0 Å². The summed E-state index contributed by atoms with van der Waals surface area (Å²) in [5.41, 5.74) is 4.50. The van der Waals surface area contributed by atoms with E-state index in [0.717, 1.165) is 48.1 Å². The Labute approximate surface area is 204 Å². The monoisotopic (exact) mass is 474 g/mol. The molecule has 1 aliphatic rings. The number of hydrogen-bond donors (Lipinski definition) is 0. The van der Waals surface area contributed by atoms with Crippen LogP contribution in [0.5, 0.6) is 5.75 Å². The molecule has 0 N–H and O–H groups in total. The topological polar surface area (TPSA) is 54.6 Å². The molecule has 4 aromatic rings. The van der Waals surface area contributed by atoms with Crippen LogP contribution in [0.25, 0.3) is 11.4 Å². The van der Waals surface area contributed by atoms with Crippen LogP contribution in [0.2, 0.25) is 5.02 Å². The lowest BCUT2D eigenvalue weighted by Crippen LogP contribution is -2.46. The van der Waals surface area contributed by atoms with Gasteiger partial charge >= 0.3 is 0 Å². The minimum Gasteiger partial charge on any atom is -0.489 e. The minimum absolute atomic E-state index is 0.538. The standard InChI is InChI=1S/C27H27ClN4O2/c1-20-7-10-23(28)17-25(20)32-15-13-31(14-16-32)18-26-29-27(30-34-26)22-8-11-24(12-9-22)33-19-21-5-3-2-4-6-21/h2-12,17H,13-16,18-19H2,1H3. The van der Waals surface area contributed by atoms with E-state index in [-0.39, 0.29) is 0 Å². The number of anilines is 1. The molecule has 0 atom stereocenters. The molecule has 2 heterocycles. The summed E-state index contributed by atoms with van der Waals surface area (Å²) in [6.45, 7) is 7.04. The predicted octanol–water partition coefficient (Wildman–Crippen LogP) is 5.60. The predicted molar refractivity (Wildman–Crippen MR) is 134 cm³/mol. The first-order valence-corrected chi connectivity index (χ1v) is 11.8. The van der Waals surface area contributed by atoms with Gasteiger partial charge in [0.05, 0.1) is 6.54 Å². The van der Waals surface area contributed by atoms with Crippen molar-refractivity contribution in [1.29, 1.82) is 0 Å². The van der Waals surface area contributed by atoms with Crippen molar-refractivity contribution in [2.75, 3.05) is 31.1 Å². The molecule has 6 nitrogen and oxygen atoms in total. The van der Waals surface area contributed by atoms with Gasteiger partial charge in [-0.3, -0.25) is 4.90 Å². The SMILES string of the molecule is Cc1ccc(Cl)cc1N1CCN(Cc2nc(-c3ccc(OCc4ccccc4)cc3)no2)CC1. The van der Waals surface area contributed by atoms with Crippen LogP contribution in [0.1, 0.15) is 17.0 Å². The van der Waals surface area contributed by atoms with E-state index in [4.69, 9.17) is 20.9 Å². The summed E-state index contributed by atoms with van der Waals surface area (Å²) in [5.74, 6) is 2.04. The van der Waals surface area contributed by atoms with Gasteiger partial charge in [-0.2, -0.15) is 4.98 Å². The fourth-order valence-corrected chi connectivity index (χ4v) is 4.31. The van der Waals surface area contributed by atoms with E-state index in [9.17, 15) is 0 Å². The largest absolute Gasteiger partial charge is 0.489 e. The average molecular weight is 475 g/mol. The average Bonchev–Trinajstić information content (AvgIpc) is 3.34. The third-order valence-electron chi connectivity index (χ3n) is 6.07. The number of aromatic nitrogens is 2. The highest BCUT2D eigenvalue weighted by Crippen LogP contribution is 2.26. The first kappa shape index (κ1) is 22.4. The molecule has 5 rings (SSSR count). The summed E-state index contributed by atoms with van der Waals surface area (Å²) in [7, 11) is 0. The number of nitrogens with zero attached hydrogens (tertiary/aromatic N) is 4. The van der Waals surface area contributed by atoms with Crippen LogP contribution in [-0.4, -0.2) is 41.2 Å². The van der Waals surface area contributed by atoms with Crippen molar-refractivity contribution in [2.24, 2.45) is 0 Å². The van der Waals surface area contributed by atoms with E-state index >= 15 is 0 Å². The molecule has 1 fully saturated rings. The molecule has 0 radical (unpaired) electrons. The van der Waals surface area contributed by atoms with Crippen LogP contribution in [0.4, 0.5) is 5.69 Å². The highest BCUT2D eigenvalue weighted by atomic mass is 35.5. The second-order valence-electron chi connectivity index (χ2n) is 8.50. The summed E-state index contributed by atoms with van der Waals surface area (Å²) < 4.78 is 11.4. The number of ether oxygens (including phenoxy) is 1. The number of benzene rings is 3. The third kappa shape index (κ3) is 5.41. The molecular formula is C27H27ClN4O2. The molecule has 1 aromatic heterocycles. The van der Waals surface area contributed by atoms with Gasteiger partial charge in [-0.1, -0.05) is 53.2 Å². The van der Waals surface area contributed by atoms with Crippen molar-refractivity contribution < 1.29 is 9.26 Å². The minimum atomic E-state index is 0.538. The smallest absolute Gasteiger partial charge is 0.241 e. The van der Waals surface area contributed by atoms with E-state index < -0.39 is 0 Å². The molecule has 34 heavy (non-hydrogen) atoms. The summed E-state index contributed by atoms with van der Waals surface area (Å²) in [6.07, 6.45) is 0. The molecule has 0 saturated carbocycles. The van der Waals surface area contributed by atoms with Gasteiger partial charge in [-0.25, -0.2) is 0 Å². The zero-order valence-corrected chi connectivity index (χ0v) is 19.9. The van der Waals surface area contributed by atoms with Gasteiger partial charge in [0, 0.05) is 42.5 Å². The van der Waals surface area contributed by atoms with E-state index in [0.29, 0.717) is 24.9 Å². The van der Waals surface area contributed by atoms with Crippen LogP contribution in [-0.2, 0) is 13.2 Å². The zero-order chi connectivity index (χ0) is 23.3. The summed E-state index contributed by atoms with van der Waals surface area (Å²) in [6, 6.07) is 24.0. The first-order valence-electron chi connectivity index (χ1n) is 11.5. The maximum absolute atomic E-state index is 6.20. The van der Waals surface area contributed by atoms with Gasteiger partial charge in [-0.05, 0) is 54.4 Å². The van der Waals surface area contributed by atoms with Crippen molar-refractivity contribution >= 4 is 17.3 Å². The summed E-state index contributed by atoms with van der Waals surface area (Å²) in [4.78, 5) is 9.34. The molecule has 174 valence electrons. The van der Waals surface area contributed by atoms with Crippen LogP contribution in [0, 0.1) is 6.92 Å². The van der Waals surface area contributed by atoms with Gasteiger partial charge in [-0.15, -0.1) is 0 Å². The van der Waals surface area contributed by atoms with Gasteiger partial charge in [0.2, 0.25) is 11.7 Å². The maximum atomic E-state index is 6.20. The van der Waals surface area contributed by atoms with Gasteiger partial charge in [0.1, 0.15) is 12.4 Å². The molecular weight excluding hydrogens is 448 g/mol. The fraction of sp³-hybridized carbons (Fsp3) is 0.259. The Bertz CT molecular complexity index is 1220. The Balaban J connectivity index is 1.14. The van der Waals surface area contributed by atoms with E-state index in [1.165, 1.54) is 11.3 Å². The van der Waals surface area contributed by atoms with Crippen LogP contribution in [0.15, 0.2) is 77.3 Å². The quantitative estimate of drug-likeness (QED) is 0.347. The van der Waals surface area contributed by atoms with E-state index in [1.54, 1.807) is 0 Å². The summed E-state index contributed by atoms with van der Waals surface area (Å²) in [5, 5.41) is 4.96. The van der Waals surface area contributed by atoms with Gasteiger partial charge in [0.15, 0.2) is 0 Å². The second-order valence-corrected chi connectivity index (χ2v) is 8.94. The van der Waals surface area contributed by atoms with E-state index in [1.807, 2.05) is 60.7 Å². The Morgan fingerprint density at radius 3 is 2.47 bits per heavy atom. The van der Waals surface area contributed by atoms with Crippen molar-refractivity contribution in [2.45, 2.75) is 20.1 Å². The van der Waals surface area contributed by atoms with Crippen molar-refractivity contribution in [3.8, 4) is 17.1 Å². The summed E-state index contributed by atoms with van der Waals surface area (Å²) >= 11 is 6.20. The number of piperazine rings is 1. The lowest BCUT2D eigenvalue weighted by atomic mass is 10.1. The lowest BCUT2D eigenvalue weighted by molar-refractivity contribution is 0.215. The number of halogens is 1. The van der Waals surface area contributed by atoms with Crippen LogP contribution < -0.4 is 9.64 Å². The van der Waals surface area contributed by atoms with Crippen LogP contribution in [0.3, 0.4) is 0 Å². The normalized spacial score (nSPS) is 14.4. The molecule has 0 bridgehead atoms. The third-order valence-corrected chi connectivity index (χ3v) is 6.31. The second kappa shape index (κ2) is 10.3. The highest BCUT2D eigenvalue weighted by molar-refractivity contribution is 6.30. The van der Waals surface area contributed by atoms with Crippen molar-refractivity contribution in [1.82, 2.24) is 15.0 Å². The number of rotatable bonds is 7. The van der Waals surface area contributed by atoms with Crippen molar-refractivity contribution in [3.05, 3.63) is 94.8 Å². The van der Waals surface area contributed by atoms with Gasteiger partial charge in [0.25, 0.3) is 0 Å². The lowest BCUT2D eigenvalue weighted by Gasteiger charge is -2.36. The molecule has 3 aromatic carbocycles. The van der Waals surface area contributed by atoms with Gasteiger partial charge < -0.3 is 14.2 Å². The molecule has 0 unspecified atom stereocenters. The molecule has 0 amide bonds. The Morgan fingerprint density at radius 1 is 0.941 bits per heavy atom. The first-order chi connectivity index (χ1) is 16.6. The molecule has 1 saturated heterocycles. The molecule has 0 aliphatic carbocycles. The van der Waals surface area contributed by atoms with Crippen LogP contribution >= 0.6 is 11.6 Å². The molecule has 1 aliphatic heterocycles. The number of hydrogen-bond acceptors (Lipinski definition) is 6. The highest BCUT2D eigenvalue weighted by Gasteiger charge is 2.21. The molecule has 0 spiro atoms. The van der Waals surface area contributed by atoms with E-state index in [2.05, 4.69) is 39.0 Å².